The number of hydrogen-bond acceptors (Lipinski definition) is 6. The van der Waals surface area contributed by atoms with Crippen LogP contribution in [0.15, 0.2) is 35.8 Å². The van der Waals surface area contributed by atoms with E-state index in [1.54, 1.807) is 17.2 Å². The molecule has 10 heteroatoms. The Kier molecular flexibility index (Phi) is 7.15. The second-order valence-corrected chi connectivity index (χ2v) is 10.1. The van der Waals surface area contributed by atoms with Crippen LogP contribution in [0, 0.1) is 22.0 Å². The summed E-state index contributed by atoms with van der Waals surface area (Å²) in [5, 5.41) is 11.2. The molecule has 0 unspecified atom stereocenters. The number of anilines is 1. The van der Waals surface area contributed by atoms with Crippen molar-refractivity contribution in [1.29, 1.82) is 5.26 Å². The highest BCUT2D eigenvalue weighted by molar-refractivity contribution is 14.1. The van der Waals surface area contributed by atoms with Gasteiger partial charge in [-0.3, -0.25) is 19.1 Å². The smallest absolute Gasteiger partial charge is 0.276 e. The van der Waals surface area contributed by atoms with Crippen molar-refractivity contribution >= 4 is 56.8 Å². The topological polar surface area (TPSA) is 95.1 Å². The predicted molar refractivity (Wildman–Crippen MR) is 145 cm³/mol. The van der Waals surface area contributed by atoms with Crippen molar-refractivity contribution in [2.75, 3.05) is 31.1 Å². The van der Waals surface area contributed by atoms with E-state index < -0.39 is 5.56 Å². The van der Waals surface area contributed by atoms with Gasteiger partial charge in [-0.25, -0.2) is 4.98 Å². The summed E-state index contributed by atoms with van der Waals surface area (Å²) >= 11 is 8.54. The molecule has 1 amide bonds. The van der Waals surface area contributed by atoms with Crippen LogP contribution in [0.3, 0.4) is 0 Å². The van der Waals surface area contributed by atoms with Gasteiger partial charge in [-0.2, -0.15) is 5.26 Å². The fraction of sp³-hybridized carbons (Fsp3) is 0.320. The van der Waals surface area contributed by atoms with E-state index in [-0.39, 0.29) is 17.4 Å². The summed E-state index contributed by atoms with van der Waals surface area (Å²) in [5.74, 6) is -0.100. The third-order valence-electron chi connectivity index (χ3n) is 6.15. The number of carbonyl (C=O) groups excluding carboxylic acids is 1. The van der Waals surface area contributed by atoms with Crippen molar-refractivity contribution in [3.63, 3.8) is 0 Å². The number of aromatic nitrogens is 3. The molecule has 4 heterocycles. The SMILES string of the molecule is C=CC(=O)N1CCN(c2c(C#N)c(=O)n(-c3c(C)ccnc3C(C)C)c3nc(I)c(Cl)cc23)CC1. The standard InChI is InChI=1S/C25H24ClIN6O2/c1-5-19(34)31-8-10-32(11-9-31)22-16-12-18(26)23(27)30-24(16)33(25(35)17(22)13-28)21-15(4)6-7-29-20(21)14(2)3/h5-7,12,14H,1,8-11H2,2-4H3. The molecule has 35 heavy (non-hydrogen) atoms. The second-order valence-electron chi connectivity index (χ2n) is 8.64. The van der Waals surface area contributed by atoms with Crippen molar-refractivity contribution in [1.82, 2.24) is 19.4 Å². The summed E-state index contributed by atoms with van der Waals surface area (Å²) < 4.78 is 2.06. The van der Waals surface area contributed by atoms with Gasteiger partial charge in [-0.1, -0.05) is 32.0 Å². The minimum atomic E-state index is -0.455. The van der Waals surface area contributed by atoms with E-state index in [1.165, 1.54) is 10.6 Å². The summed E-state index contributed by atoms with van der Waals surface area (Å²) in [6, 6.07) is 5.75. The summed E-state index contributed by atoms with van der Waals surface area (Å²) in [6.45, 7) is 11.3. The van der Waals surface area contributed by atoms with E-state index in [1.807, 2.05) is 54.3 Å². The molecule has 0 N–H and O–H groups in total. The highest BCUT2D eigenvalue weighted by Gasteiger charge is 2.29. The molecule has 8 nitrogen and oxygen atoms in total. The van der Waals surface area contributed by atoms with Gasteiger partial charge in [0, 0.05) is 37.8 Å². The maximum absolute atomic E-state index is 14.0. The fourth-order valence-corrected chi connectivity index (χ4v) is 4.98. The van der Waals surface area contributed by atoms with Gasteiger partial charge in [0.15, 0.2) is 5.65 Å². The van der Waals surface area contributed by atoms with Crippen LogP contribution in [0.5, 0.6) is 0 Å². The van der Waals surface area contributed by atoms with E-state index in [4.69, 9.17) is 16.6 Å². The molecule has 3 aromatic heterocycles. The minimum absolute atomic E-state index is 0.0121. The van der Waals surface area contributed by atoms with Gasteiger partial charge < -0.3 is 9.80 Å². The zero-order valence-electron chi connectivity index (χ0n) is 19.7. The molecule has 1 aliphatic rings. The normalized spacial score (nSPS) is 13.9. The molecule has 0 spiro atoms. The average molecular weight is 603 g/mol. The summed E-state index contributed by atoms with van der Waals surface area (Å²) in [5.41, 5.74) is 2.70. The second kappa shape index (κ2) is 9.95. The van der Waals surface area contributed by atoms with Crippen LogP contribution in [0.2, 0.25) is 5.02 Å². The number of piperazine rings is 1. The monoisotopic (exact) mass is 602 g/mol. The van der Waals surface area contributed by atoms with E-state index in [9.17, 15) is 14.9 Å². The van der Waals surface area contributed by atoms with Crippen LogP contribution in [-0.4, -0.2) is 51.5 Å². The minimum Gasteiger partial charge on any atom is -0.366 e. The highest BCUT2D eigenvalue weighted by Crippen LogP contribution is 2.35. The third kappa shape index (κ3) is 4.41. The number of rotatable bonds is 4. The van der Waals surface area contributed by atoms with Gasteiger partial charge in [0.1, 0.15) is 15.3 Å². The van der Waals surface area contributed by atoms with E-state index in [2.05, 4.69) is 17.6 Å². The molecule has 3 aromatic rings. The van der Waals surface area contributed by atoms with Crippen LogP contribution < -0.4 is 10.5 Å². The Labute approximate surface area is 222 Å². The molecule has 0 saturated carbocycles. The Hall–Kier alpha value is -2.97. The lowest BCUT2D eigenvalue weighted by molar-refractivity contribution is -0.126. The molecule has 0 radical (unpaired) electrons. The van der Waals surface area contributed by atoms with Gasteiger partial charge in [0.25, 0.3) is 5.56 Å². The molecule has 4 rings (SSSR count). The molecule has 0 bridgehead atoms. The zero-order valence-corrected chi connectivity index (χ0v) is 22.6. The molecule has 0 aliphatic carbocycles. The lowest BCUT2D eigenvalue weighted by Gasteiger charge is -2.36. The van der Waals surface area contributed by atoms with Crippen molar-refractivity contribution < 1.29 is 4.79 Å². The Balaban J connectivity index is 2.04. The molecule has 1 aliphatic heterocycles. The van der Waals surface area contributed by atoms with Gasteiger partial charge in [-0.05, 0) is 59.2 Å². The van der Waals surface area contributed by atoms with Gasteiger partial charge in [0.05, 0.1) is 22.1 Å². The lowest BCUT2D eigenvalue weighted by Crippen LogP contribution is -2.49. The Morgan fingerprint density at radius 2 is 1.97 bits per heavy atom. The molecule has 1 fully saturated rings. The summed E-state index contributed by atoms with van der Waals surface area (Å²) in [7, 11) is 0. The maximum Gasteiger partial charge on any atom is 0.276 e. The number of amides is 1. The molecular weight excluding hydrogens is 579 g/mol. The number of halogens is 2. The molecule has 180 valence electrons. The number of pyridine rings is 3. The van der Waals surface area contributed by atoms with Crippen molar-refractivity contribution in [3.8, 4) is 11.8 Å². The van der Waals surface area contributed by atoms with Crippen LogP contribution in [-0.2, 0) is 4.79 Å². The first kappa shape index (κ1) is 25.1. The van der Waals surface area contributed by atoms with Crippen LogP contribution in [0.25, 0.3) is 16.7 Å². The van der Waals surface area contributed by atoms with Crippen LogP contribution in [0.1, 0.15) is 36.6 Å². The number of nitrogens with zero attached hydrogens (tertiary/aromatic N) is 6. The first-order valence-corrected chi connectivity index (χ1v) is 12.6. The first-order chi connectivity index (χ1) is 16.7. The largest absolute Gasteiger partial charge is 0.366 e. The molecule has 1 saturated heterocycles. The first-order valence-electron chi connectivity index (χ1n) is 11.2. The number of hydrogen-bond donors (Lipinski definition) is 0. The van der Waals surface area contributed by atoms with E-state index >= 15 is 0 Å². The number of carbonyl (C=O) groups is 1. The fourth-order valence-electron chi connectivity index (χ4n) is 4.45. The van der Waals surface area contributed by atoms with Gasteiger partial charge in [0.2, 0.25) is 5.91 Å². The third-order valence-corrected chi connectivity index (χ3v) is 7.58. The lowest BCUT2D eigenvalue weighted by atomic mass is 10.0. The number of nitriles is 1. The van der Waals surface area contributed by atoms with Crippen LogP contribution in [0.4, 0.5) is 5.69 Å². The number of fused-ring (bicyclic) bond motifs is 1. The average Bonchev–Trinajstić information content (AvgIpc) is 2.84. The maximum atomic E-state index is 14.0. The summed E-state index contributed by atoms with van der Waals surface area (Å²) in [6.07, 6.45) is 3.01. The van der Waals surface area contributed by atoms with E-state index in [0.29, 0.717) is 57.3 Å². The predicted octanol–water partition coefficient (Wildman–Crippen LogP) is 4.18. The van der Waals surface area contributed by atoms with Crippen molar-refractivity contribution in [2.45, 2.75) is 26.7 Å². The Morgan fingerprint density at radius 1 is 1.29 bits per heavy atom. The van der Waals surface area contributed by atoms with Crippen molar-refractivity contribution in [3.05, 3.63) is 66.9 Å². The quantitative estimate of drug-likeness (QED) is 0.253. The Bertz CT molecular complexity index is 1450. The summed E-state index contributed by atoms with van der Waals surface area (Å²) in [4.78, 5) is 38.9. The van der Waals surface area contributed by atoms with Gasteiger partial charge in [-0.15, -0.1) is 0 Å². The molecule has 0 aromatic carbocycles. The van der Waals surface area contributed by atoms with Crippen LogP contribution >= 0.6 is 34.2 Å². The zero-order chi connectivity index (χ0) is 25.4. The Morgan fingerprint density at radius 3 is 2.57 bits per heavy atom. The molecule has 0 atom stereocenters. The van der Waals surface area contributed by atoms with Gasteiger partial charge >= 0.3 is 0 Å². The highest BCUT2D eigenvalue weighted by atomic mass is 127. The van der Waals surface area contributed by atoms with Crippen molar-refractivity contribution in [2.24, 2.45) is 0 Å². The van der Waals surface area contributed by atoms with E-state index in [0.717, 1.165) is 11.3 Å². The molecular formula is C25H24ClIN6O2. The number of aryl methyl sites for hydroxylation is 1.